The van der Waals surface area contributed by atoms with Crippen LogP contribution in [-0.2, 0) is 6.54 Å². The van der Waals surface area contributed by atoms with E-state index in [2.05, 4.69) is 4.98 Å². The molecule has 1 amide bonds. The first-order valence-corrected chi connectivity index (χ1v) is 6.90. The summed E-state index contributed by atoms with van der Waals surface area (Å²) in [5.41, 5.74) is 1.41. The predicted molar refractivity (Wildman–Crippen MR) is 75.1 cm³/mol. The fourth-order valence-electron chi connectivity index (χ4n) is 2.19. The van der Waals surface area contributed by atoms with E-state index in [1.165, 1.54) is 12.1 Å². The summed E-state index contributed by atoms with van der Waals surface area (Å²) < 4.78 is 12.9. The SMILES string of the molecule is O=C(c1cc(Cl)c[nH]1)N(Cc1ccc(F)cc1)C1CC1. The number of aromatic amines is 1. The minimum atomic E-state index is -0.269. The van der Waals surface area contributed by atoms with Gasteiger partial charge in [0.2, 0.25) is 0 Å². The zero-order valence-electron chi connectivity index (χ0n) is 10.8. The molecule has 0 atom stereocenters. The first kappa shape index (κ1) is 13.2. The molecule has 0 unspecified atom stereocenters. The van der Waals surface area contributed by atoms with Gasteiger partial charge < -0.3 is 9.88 Å². The smallest absolute Gasteiger partial charge is 0.270 e. The monoisotopic (exact) mass is 292 g/mol. The van der Waals surface area contributed by atoms with Gasteiger partial charge >= 0.3 is 0 Å². The molecular weight excluding hydrogens is 279 g/mol. The number of carbonyl (C=O) groups excluding carboxylic acids is 1. The van der Waals surface area contributed by atoms with E-state index in [9.17, 15) is 9.18 Å². The van der Waals surface area contributed by atoms with Crippen LogP contribution in [0.1, 0.15) is 28.9 Å². The normalized spacial score (nSPS) is 14.3. The van der Waals surface area contributed by atoms with Crippen molar-refractivity contribution in [3.8, 4) is 0 Å². The first-order chi connectivity index (χ1) is 9.63. The highest BCUT2D eigenvalue weighted by molar-refractivity contribution is 6.30. The standard InChI is InChI=1S/C15H14ClFN2O/c16-11-7-14(18-8-11)15(20)19(13-5-6-13)9-10-1-3-12(17)4-2-10/h1-4,7-8,13,18H,5-6,9H2. The van der Waals surface area contributed by atoms with Crippen LogP contribution in [0.2, 0.25) is 5.02 Å². The van der Waals surface area contributed by atoms with Crippen molar-refractivity contribution in [3.63, 3.8) is 0 Å². The Bertz CT molecular complexity index is 619. The molecule has 0 radical (unpaired) electrons. The van der Waals surface area contributed by atoms with E-state index in [4.69, 9.17) is 11.6 Å². The zero-order chi connectivity index (χ0) is 14.1. The molecule has 20 heavy (non-hydrogen) atoms. The number of amides is 1. The van der Waals surface area contributed by atoms with Crippen LogP contribution < -0.4 is 0 Å². The number of aromatic nitrogens is 1. The lowest BCUT2D eigenvalue weighted by molar-refractivity contribution is 0.0724. The topological polar surface area (TPSA) is 36.1 Å². The van der Waals surface area contributed by atoms with Crippen molar-refractivity contribution in [3.05, 3.63) is 58.6 Å². The van der Waals surface area contributed by atoms with Gasteiger partial charge in [-0.3, -0.25) is 4.79 Å². The summed E-state index contributed by atoms with van der Waals surface area (Å²) in [6.07, 6.45) is 3.63. The van der Waals surface area contributed by atoms with E-state index in [-0.39, 0.29) is 17.8 Å². The Labute approximate surface area is 121 Å². The van der Waals surface area contributed by atoms with Crippen LogP contribution in [-0.4, -0.2) is 21.8 Å². The average Bonchev–Trinajstić information content (AvgIpc) is 3.19. The lowest BCUT2D eigenvalue weighted by Crippen LogP contribution is -2.32. The van der Waals surface area contributed by atoms with Gasteiger partial charge in [-0.05, 0) is 36.6 Å². The zero-order valence-corrected chi connectivity index (χ0v) is 11.5. The van der Waals surface area contributed by atoms with Crippen molar-refractivity contribution in [2.45, 2.75) is 25.4 Å². The minimum Gasteiger partial charge on any atom is -0.356 e. The van der Waals surface area contributed by atoms with Crippen LogP contribution in [0.4, 0.5) is 4.39 Å². The minimum absolute atomic E-state index is 0.0660. The fraction of sp³-hybridized carbons (Fsp3) is 0.267. The number of H-pyrrole nitrogens is 1. The predicted octanol–water partition coefficient (Wildman–Crippen LogP) is 3.61. The molecule has 2 aromatic rings. The molecule has 1 aliphatic rings. The maximum Gasteiger partial charge on any atom is 0.270 e. The molecule has 0 bridgehead atoms. The molecule has 0 aliphatic heterocycles. The molecule has 1 aliphatic carbocycles. The Balaban J connectivity index is 1.79. The molecule has 1 aromatic heterocycles. The number of nitrogens with one attached hydrogen (secondary N) is 1. The number of rotatable bonds is 4. The quantitative estimate of drug-likeness (QED) is 0.918. The van der Waals surface area contributed by atoms with Crippen molar-refractivity contribution in [1.82, 2.24) is 9.88 Å². The van der Waals surface area contributed by atoms with Crippen molar-refractivity contribution < 1.29 is 9.18 Å². The summed E-state index contributed by atoms with van der Waals surface area (Å²) in [6, 6.07) is 8.14. The highest BCUT2D eigenvalue weighted by atomic mass is 35.5. The van der Waals surface area contributed by atoms with Crippen molar-refractivity contribution in [2.75, 3.05) is 0 Å². The Morgan fingerprint density at radius 1 is 1.35 bits per heavy atom. The maximum absolute atomic E-state index is 12.9. The lowest BCUT2D eigenvalue weighted by Gasteiger charge is -2.22. The Kier molecular flexibility index (Phi) is 3.49. The molecule has 1 N–H and O–H groups in total. The molecule has 1 aromatic carbocycles. The summed E-state index contributed by atoms with van der Waals surface area (Å²) in [5, 5.41) is 0.519. The summed E-state index contributed by atoms with van der Waals surface area (Å²) in [5.74, 6) is -0.335. The lowest BCUT2D eigenvalue weighted by atomic mass is 10.2. The molecule has 3 rings (SSSR count). The number of carbonyl (C=O) groups is 1. The van der Waals surface area contributed by atoms with Crippen molar-refractivity contribution in [2.24, 2.45) is 0 Å². The third-order valence-corrected chi connectivity index (χ3v) is 3.61. The molecule has 0 spiro atoms. The van der Waals surface area contributed by atoms with Gasteiger partial charge in [-0.1, -0.05) is 23.7 Å². The summed E-state index contributed by atoms with van der Waals surface area (Å²) in [4.78, 5) is 17.2. The third kappa shape index (κ3) is 2.85. The van der Waals surface area contributed by atoms with E-state index < -0.39 is 0 Å². The van der Waals surface area contributed by atoms with Gasteiger partial charge in [-0.25, -0.2) is 4.39 Å². The second-order valence-corrected chi connectivity index (χ2v) is 5.46. The number of hydrogen-bond acceptors (Lipinski definition) is 1. The second-order valence-electron chi connectivity index (χ2n) is 5.02. The van der Waals surface area contributed by atoms with Crippen LogP contribution in [0.5, 0.6) is 0 Å². The number of hydrogen-bond donors (Lipinski definition) is 1. The average molecular weight is 293 g/mol. The third-order valence-electron chi connectivity index (χ3n) is 3.39. The van der Waals surface area contributed by atoms with Crippen LogP contribution in [0, 0.1) is 5.82 Å². The van der Waals surface area contributed by atoms with Gasteiger partial charge in [0.1, 0.15) is 11.5 Å². The van der Waals surface area contributed by atoms with Gasteiger partial charge in [-0.15, -0.1) is 0 Å². The number of halogens is 2. The molecule has 104 valence electrons. The summed E-state index contributed by atoms with van der Waals surface area (Å²) in [6.45, 7) is 0.487. The molecule has 1 fully saturated rings. The second kappa shape index (κ2) is 5.29. The van der Waals surface area contributed by atoms with E-state index in [1.54, 1.807) is 24.4 Å². The van der Waals surface area contributed by atoms with Crippen LogP contribution in [0.3, 0.4) is 0 Å². The van der Waals surface area contributed by atoms with E-state index in [0.29, 0.717) is 17.3 Å². The fourth-order valence-corrected chi connectivity index (χ4v) is 2.35. The van der Waals surface area contributed by atoms with E-state index >= 15 is 0 Å². The first-order valence-electron chi connectivity index (χ1n) is 6.53. The maximum atomic E-state index is 12.9. The molecule has 3 nitrogen and oxygen atoms in total. The number of benzene rings is 1. The Hall–Kier alpha value is -1.81. The van der Waals surface area contributed by atoms with Crippen molar-refractivity contribution >= 4 is 17.5 Å². The van der Waals surface area contributed by atoms with Crippen LogP contribution >= 0.6 is 11.6 Å². The number of nitrogens with zero attached hydrogens (tertiary/aromatic N) is 1. The van der Waals surface area contributed by atoms with Gasteiger partial charge in [0, 0.05) is 18.8 Å². The van der Waals surface area contributed by atoms with Crippen LogP contribution in [0.25, 0.3) is 0 Å². The van der Waals surface area contributed by atoms with E-state index in [0.717, 1.165) is 18.4 Å². The van der Waals surface area contributed by atoms with Gasteiger partial charge in [0.05, 0.1) is 5.02 Å². The van der Waals surface area contributed by atoms with Crippen LogP contribution in [0.15, 0.2) is 36.5 Å². The van der Waals surface area contributed by atoms with Crippen molar-refractivity contribution in [1.29, 1.82) is 0 Å². The molecule has 0 saturated heterocycles. The van der Waals surface area contributed by atoms with Gasteiger partial charge in [-0.2, -0.15) is 0 Å². The summed E-state index contributed by atoms with van der Waals surface area (Å²) >= 11 is 5.84. The van der Waals surface area contributed by atoms with E-state index in [1.807, 2.05) is 4.90 Å². The van der Waals surface area contributed by atoms with Gasteiger partial charge in [0.15, 0.2) is 0 Å². The molecule has 1 heterocycles. The summed E-state index contributed by atoms with van der Waals surface area (Å²) in [7, 11) is 0. The Morgan fingerprint density at radius 3 is 2.60 bits per heavy atom. The largest absolute Gasteiger partial charge is 0.356 e. The van der Waals surface area contributed by atoms with Gasteiger partial charge in [0.25, 0.3) is 5.91 Å². The highest BCUT2D eigenvalue weighted by Crippen LogP contribution is 2.30. The molecular formula is C15H14ClFN2O. The highest BCUT2D eigenvalue weighted by Gasteiger charge is 2.33. The Morgan fingerprint density at radius 2 is 2.05 bits per heavy atom. The molecule has 1 saturated carbocycles. The molecule has 5 heteroatoms.